The Hall–Kier alpha value is -4.04. The van der Waals surface area contributed by atoms with Crippen molar-refractivity contribution in [2.45, 2.75) is 84.0 Å². The van der Waals surface area contributed by atoms with E-state index in [1.807, 2.05) is 72.5 Å². The van der Waals surface area contributed by atoms with Gasteiger partial charge in [0.2, 0.25) is 0 Å². The Kier molecular flexibility index (Phi) is 8.02. The normalized spacial score (nSPS) is 35.3. The average molecular weight is 727 g/mol. The Morgan fingerprint density at radius 3 is 2.36 bits per heavy atom. The molecule has 274 valence electrons. The highest BCUT2D eigenvalue weighted by molar-refractivity contribution is 7.14. The molecule has 2 spiro atoms. The van der Waals surface area contributed by atoms with E-state index in [0.29, 0.717) is 25.1 Å². The van der Waals surface area contributed by atoms with E-state index in [2.05, 4.69) is 61.7 Å². The number of amides is 2. The number of thiophene rings is 1. The van der Waals surface area contributed by atoms with Crippen molar-refractivity contribution < 1.29 is 19.8 Å². The lowest BCUT2D eigenvalue weighted by Crippen LogP contribution is -2.67. The molecule has 1 aromatic heterocycles. The maximum Gasteiger partial charge on any atom is 0.322 e. The number of allylic oxidation sites excluding steroid dienone is 4. The van der Waals surface area contributed by atoms with Crippen molar-refractivity contribution in [1.29, 1.82) is 0 Å². The van der Waals surface area contributed by atoms with Gasteiger partial charge in [-0.2, -0.15) is 0 Å². The summed E-state index contributed by atoms with van der Waals surface area (Å²) in [5.41, 5.74) is -0.160. The lowest BCUT2D eigenvalue weighted by atomic mass is 9.32. The number of ketones is 1. The third kappa shape index (κ3) is 5.03. The van der Waals surface area contributed by atoms with E-state index in [9.17, 15) is 19.8 Å². The minimum absolute atomic E-state index is 0.00447. The number of rotatable bonds is 7. The number of aliphatic hydroxyl groups is 2. The number of hydrogen-bond acceptors (Lipinski definition) is 5. The van der Waals surface area contributed by atoms with E-state index in [1.54, 1.807) is 11.3 Å². The predicted octanol–water partition coefficient (Wildman–Crippen LogP) is 9.72. The maximum atomic E-state index is 14.8. The van der Waals surface area contributed by atoms with Gasteiger partial charge in [-0.05, 0) is 110 Å². The molecular formula is C46H50N2O4S. The van der Waals surface area contributed by atoms with Gasteiger partial charge in [0.1, 0.15) is 0 Å². The van der Waals surface area contributed by atoms with Crippen molar-refractivity contribution in [3.8, 4) is 0 Å². The lowest BCUT2D eigenvalue weighted by Gasteiger charge is -2.71. The topological polar surface area (TPSA) is 89.9 Å². The second-order valence-electron chi connectivity index (χ2n) is 17.3. The summed E-state index contributed by atoms with van der Waals surface area (Å²) in [4.78, 5) is 32.9. The van der Waals surface area contributed by atoms with E-state index in [0.717, 1.165) is 63.8 Å². The number of benzene rings is 3. The van der Waals surface area contributed by atoms with Crippen LogP contribution < -0.4 is 5.32 Å². The molecule has 1 unspecified atom stereocenters. The number of aryl methyl sites for hydroxylation is 1. The Morgan fingerprint density at radius 2 is 1.57 bits per heavy atom. The Bertz CT molecular complexity index is 2170. The molecule has 6 aliphatic rings. The molecule has 0 aliphatic heterocycles. The van der Waals surface area contributed by atoms with Crippen LogP contribution in [0.2, 0.25) is 0 Å². The molecule has 7 heteroatoms. The van der Waals surface area contributed by atoms with Crippen LogP contribution in [0.3, 0.4) is 0 Å². The molecule has 2 amide bonds. The van der Waals surface area contributed by atoms with Crippen molar-refractivity contribution in [1.82, 2.24) is 4.90 Å². The fourth-order valence-corrected chi connectivity index (χ4v) is 13.0. The number of aliphatic hydroxyl groups excluding tert-OH is 1. The third-order valence-corrected chi connectivity index (χ3v) is 15.9. The van der Waals surface area contributed by atoms with Gasteiger partial charge in [-0.1, -0.05) is 92.7 Å². The SMILES string of the molecule is Cc1ccc(C(=O)C2=C[C@@]34C=C[C@@]25[C@@H]2CC[C@@](O)(CN(Cc6cccc7ccccc67)C(=O)Nc6ccccc6)[C@@]2(C)CC[C@@H]5[C@@]3(C)CCC(O)C4)s1. The number of Topliss-reactive ketones (excluding diaryl/α,β-unsaturated/α-hetero) is 1. The van der Waals surface area contributed by atoms with Crippen LogP contribution in [0.15, 0.2) is 109 Å². The highest BCUT2D eigenvalue weighted by atomic mass is 32.1. The monoisotopic (exact) mass is 726 g/mol. The fraction of sp³-hybridized carbons (Fsp3) is 0.435. The standard InChI is InChI=1S/C46H50N2O4S/c1-30-16-17-37(53-30)40(50)36-27-44-24-25-46(36)38(42(44,2)21-18-34(49)26-44)19-22-43(3)39(46)20-23-45(43,52)29-48(41(51)47-33-13-5-4-6-14-33)28-32-12-9-11-31-10-7-8-15-35(31)32/h4-17,24-25,27,34,38-39,49,52H,18-23,26,28-29H2,1-3H3,(H,47,51)/t34?,38-,39-,42-,43+,44+,45-,46-/m1/s1. The summed E-state index contributed by atoms with van der Waals surface area (Å²) < 4.78 is 0. The molecule has 3 saturated carbocycles. The molecule has 3 aromatic carbocycles. The van der Waals surface area contributed by atoms with E-state index in [1.165, 1.54) is 0 Å². The largest absolute Gasteiger partial charge is 0.393 e. The quantitative estimate of drug-likeness (QED) is 0.131. The molecule has 6 aliphatic carbocycles. The molecule has 8 atom stereocenters. The maximum absolute atomic E-state index is 14.8. The smallest absolute Gasteiger partial charge is 0.322 e. The number of anilines is 1. The van der Waals surface area contributed by atoms with Gasteiger partial charge in [-0.25, -0.2) is 4.79 Å². The van der Waals surface area contributed by atoms with Crippen LogP contribution in [0.25, 0.3) is 10.8 Å². The second kappa shape index (κ2) is 12.2. The first kappa shape index (κ1) is 34.7. The number of hydrogen-bond donors (Lipinski definition) is 3. The molecule has 4 aromatic rings. The van der Waals surface area contributed by atoms with Crippen LogP contribution >= 0.6 is 11.3 Å². The summed E-state index contributed by atoms with van der Waals surface area (Å²) >= 11 is 1.55. The Morgan fingerprint density at radius 1 is 0.849 bits per heavy atom. The number of urea groups is 1. The highest BCUT2D eigenvalue weighted by Gasteiger charge is 2.74. The molecule has 53 heavy (non-hydrogen) atoms. The van der Waals surface area contributed by atoms with Gasteiger partial charge in [0.15, 0.2) is 5.78 Å². The van der Waals surface area contributed by atoms with Crippen LogP contribution in [0.5, 0.6) is 0 Å². The number of para-hydroxylation sites is 1. The molecule has 0 radical (unpaired) electrons. The summed E-state index contributed by atoms with van der Waals surface area (Å²) in [5, 5.41) is 29.6. The first-order valence-electron chi connectivity index (χ1n) is 19.4. The number of fused-ring (bicyclic) bond motifs is 2. The van der Waals surface area contributed by atoms with Gasteiger partial charge in [-0.15, -0.1) is 11.3 Å². The van der Waals surface area contributed by atoms with Crippen molar-refractivity contribution in [3.05, 3.63) is 124 Å². The summed E-state index contributed by atoms with van der Waals surface area (Å²) in [6.45, 7) is 7.23. The molecular weight excluding hydrogens is 677 g/mol. The number of nitrogens with one attached hydrogen (secondary N) is 1. The van der Waals surface area contributed by atoms with Gasteiger partial charge in [0, 0.05) is 38.9 Å². The van der Waals surface area contributed by atoms with E-state index >= 15 is 0 Å². The number of nitrogens with zero attached hydrogens (tertiary/aromatic N) is 1. The van der Waals surface area contributed by atoms with Gasteiger partial charge in [-0.3, -0.25) is 4.79 Å². The van der Waals surface area contributed by atoms with E-state index in [4.69, 9.17) is 0 Å². The molecule has 10 rings (SSSR count). The van der Waals surface area contributed by atoms with Crippen molar-refractivity contribution in [2.24, 2.45) is 33.5 Å². The zero-order valence-electron chi connectivity index (χ0n) is 31.0. The van der Waals surface area contributed by atoms with Gasteiger partial charge < -0.3 is 20.4 Å². The zero-order valence-corrected chi connectivity index (χ0v) is 31.8. The molecule has 1 heterocycles. The Balaban J connectivity index is 1.12. The van der Waals surface area contributed by atoms with Crippen molar-refractivity contribution >= 4 is 39.6 Å². The molecule has 3 fully saturated rings. The molecule has 2 bridgehead atoms. The van der Waals surface area contributed by atoms with Crippen LogP contribution in [0, 0.1) is 40.4 Å². The summed E-state index contributed by atoms with van der Waals surface area (Å²) in [7, 11) is 0. The highest BCUT2D eigenvalue weighted by Crippen LogP contribution is 2.78. The van der Waals surface area contributed by atoms with E-state index in [-0.39, 0.29) is 41.0 Å². The van der Waals surface area contributed by atoms with Gasteiger partial charge >= 0.3 is 6.03 Å². The lowest BCUT2D eigenvalue weighted by molar-refractivity contribution is -0.174. The fourth-order valence-electron chi connectivity index (χ4n) is 12.2. The second-order valence-corrected chi connectivity index (χ2v) is 18.6. The summed E-state index contributed by atoms with van der Waals surface area (Å²) in [5.74, 6) is 0.314. The summed E-state index contributed by atoms with van der Waals surface area (Å²) in [6.07, 6.45) is 11.9. The average Bonchev–Trinajstić information content (AvgIpc) is 3.71. The van der Waals surface area contributed by atoms with Gasteiger partial charge in [0.25, 0.3) is 0 Å². The number of carbonyl (C=O) groups excluding carboxylic acids is 2. The van der Waals surface area contributed by atoms with Crippen LogP contribution in [-0.4, -0.2) is 45.2 Å². The zero-order chi connectivity index (χ0) is 36.8. The van der Waals surface area contributed by atoms with Crippen molar-refractivity contribution in [3.63, 3.8) is 0 Å². The first-order chi connectivity index (χ1) is 25.4. The van der Waals surface area contributed by atoms with Crippen LogP contribution in [0.1, 0.15) is 78.9 Å². The van der Waals surface area contributed by atoms with E-state index < -0.39 is 22.5 Å². The minimum Gasteiger partial charge on any atom is -0.393 e. The van der Waals surface area contributed by atoms with Gasteiger partial charge in [0.05, 0.1) is 23.1 Å². The predicted molar refractivity (Wildman–Crippen MR) is 212 cm³/mol. The minimum atomic E-state index is -1.19. The molecule has 3 N–H and O–H groups in total. The molecule has 6 nitrogen and oxygen atoms in total. The summed E-state index contributed by atoms with van der Waals surface area (Å²) in [6, 6.07) is 27.7. The first-order valence-corrected chi connectivity index (χ1v) is 20.3. The third-order valence-electron chi connectivity index (χ3n) is 14.9. The van der Waals surface area contributed by atoms with Crippen molar-refractivity contribution in [2.75, 3.05) is 11.9 Å². The Labute approximate surface area is 316 Å². The molecule has 0 saturated heterocycles. The van der Waals surface area contributed by atoms with Crippen LogP contribution in [0.4, 0.5) is 10.5 Å². The number of carbonyl (C=O) groups is 2. The van der Waals surface area contributed by atoms with Crippen LogP contribution in [-0.2, 0) is 6.54 Å².